The number of fused-ring (bicyclic) bond motifs is 2. The molecule has 0 aliphatic heterocycles. The molecule has 1 aromatic carbocycles. The summed E-state index contributed by atoms with van der Waals surface area (Å²) in [5.74, 6) is 0.466. The van der Waals surface area contributed by atoms with Gasteiger partial charge in [-0.3, -0.25) is 10.1 Å². The van der Waals surface area contributed by atoms with Crippen LogP contribution in [0.25, 0.3) is 50.0 Å². The van der Waals surface area contributed by atoms with Gasteiger partial charge in [-0.05, 0) is 72.4 Å². The lowest BCUT2D eigenvalue weighted by atomic mass is 9.84. The van der Waals surface area contributed by atoms with Crippen LogP contribution in [0.4, 0.5) is 4.39 Å². The number of nitrogens with zero attached hydrogens (tertiary/aromatic N) is 3. The fourth-order valence-corrected chi connectivity index (χ4v) is 5.74. The van der Waals surface area contributed by atoms with Crippen LogP contribution in [-0.4, -0.2) is 25.1 Å². The Morgan fingerprint density at radius 3 is 2.74 bits per heavy atom. The van der Waals surface area contributed by atoms with Gasteiger partial charge in [0, 0.05) is 17.1 Å². The highest BCUT2D eigenvalue weighted by Gasteiger charge is 2.17. The van der Waals surface area contributed by atoms with Gasteiger partial charge in [0.05, 0.1) is 28.6 Å². The van der Waals surface area contributed by atoms with Gasteiger partial charge in [-0.2, -0.15) is 5.10 Å². The van der Waals surface area contributed by atoms with Crippen molar-refractivity contribution >= 4 is 27.5 Å². The minimum Gasteiger partial charge on any atom is -0.352 e. The summed E-state index contributed by atoms with van der Waals surface area (Å²) in [4.78, 5) is 12.9. The molecule has 1 saturated carbocycles. The number of benzene rings is 1. The molecule has 4 aromatic heterocycles. The van der Waals surface area contributed by atoms with Crippen molar-refractivity contribution in [2.75, 3.05) is 0 Å². The largest absolute Gasteiger partial charge is 0.352 e. The van der Waals surface area contributed by atoms with E-state index in [9.17, 15) is 4.39 Å². The smallest absolute Gasteiger partial charge is 0.135 e. The number of aromatic nitrogens is 5. The predicted molar refractivity (Wildman–Crippen MR) is 157 cm³/mol. The standard InChI is InChI=1S/C33H32FN5/c1-3-21(15-22-9-6-5-7-10-22)16-23(4-2)28-13-14-29-32(37-28)33(39-38-29)30-18-26-27(19-35-20-31(26)36-30)24-11-8-12-25(34)17-24/h3-4,8,11-14,16-20,22,36H,1,5-7,9-10,15H2,2H3,(H,38,39)/b21-16+,23-4+. The SMILES string of the molecule is C=C/C(=C\C(=C/C)c1ccc2[nH]nc(-c3cc4c(-c5cccc(F)c5)cncc4[nH]3)c2n1)CC1CCCCC1. The Kier molecular flexibility index (Phi) is 6.93. The first-order valence-corrected chi connectivity index (χ1v) is 13.7. The third-order valence-electron chi connectivity index (χ3n) is 7.80. The molecule has 6 heteroatoms. The van der Waals surface area contributed by atoms with Gasteiger partial charge in [0.1, 0.15) is 17.0 Å². The van der Waals surface area contributed by atoms with Crippen molar-refractivity contribution in [3.05, 3.63) is 96.7 Å². The quantitative estimate of drug-likeness (QED) is 0.212. The highest BCUT2D eigenvalue weighted by molar-refractivity contribution is 6.00. The van der Waals surface area contributed by atoms with Crippen LogP contribution in [0.2, 0.25) is 0 Å². The number of aromatic amines is 2. The second kappa shape index (κ2) is 10.8. The van der Waals surface area contributed by atoms with E-state index in [4.69, 9.17) is 4.98 Å². The molecule has 0 amide bonds. The summed E-state index contributed by atoms with van der Waals surface area (Å²) in [5.41, 5.74) is 8.94. The molecular formula is C33H32FN5. The summed E-state index contributed by atoms with van der Waals surface area (Å²) in [6.45, 7) is 6.15. The van der Waals surface area contributed by atoms with E-state index in [0.29, 0.717) is 0 Å². The highest BCUT2D eigenvalue weighted by atomic mass is 19.1. The fraction of sp³-hybridized carbons (Fsp3) is 0.242. The molecule has 0 spiro atoms. The molecule has 0 atom stereocenters. The molecule has 39 heavy (non-hydrogen) atoms. The minimum atomic E-state index is -0.275. The lowest BCUT2D eigenvalue weighted by molar-refractivity contribution is 0.358. The number of hydrogen-bond acceptors (Lipinski definition) is 3. The molecule has 0 saturated heterocycles. The molecule has 6 rings (SSSR count). The zero-order chi connectivity index (χ0) is 26.8. The van der Waals surface area contributed by atoms with E-state index < -0.39 is 0 Å². The third-order valence-corrected chi connectivity index (χ3v) is 7.80. The summed E-state index contributed by atoms with van der Waals surface area (Å²) in [7, 11) is 0. The Morgan fingerprint density at radius 2 is 1.95 bits per heavy atom. The predicted octanol–water partition coefficient (Wildman–Crippen LogP) is 8.79. The first-order valence-electron chi connectivity index (χ1n) is 13.7. The van der Waals surface area contributed by atoms with Crippen LogP contribution < -0.4 is 0 Å². The average Bonchev–Trinajstić information content (AvgIpc) is 3.59. The van der Waals surface area contributed by atoms with Gasteiger partial charge in [-0.1, -0.05) is 63.0 Å². The number of allylic oxidation sites excluding steroid dienone is 5. The van der Waals surface area contributed by atoms with E-state index in [1.165, 1.54) is 49.8 Å². The Hall–Kier alpha value is -4.32. The van der Waals surface area contributed by atoms with E-state index in [1.807, 2.05) is 37.3 Å². The maximum absolute atomic E-state index is 13.9. The van der Waals surface area contributed by atoms with Crippen molar-refractivity contribution in [1.29, 1.82) is 0 Å². The van der Waals surface area contributed by atoms with Crippen molar-refractivity contribution < 1.29 is 4.39 Å². The zero-order valence-corrected chi connectivity index (χ0v) is 22.2. The summed E-state index contributed by atoms with van der Waals surface area (Å²) in [6, 6.07) is 12.7. The van der Waals surface area contributed by atoms with Gasteiger partial charge in [0.15, 0.2) is 0 Å². The van der Waals surface area contributed by atoms with Crippen LogP contribution in [0.1, 0.15) is 51.1 Å². The van der Waals surface area contributed by atoms with Gasteiger partial charge in [0.2, 0.25) is 0 Å². The summed E-state index contributed by atoms with van der Waals surface area (Å²) in [5, 5.41) is 8.69. The first-order chi connectivity index (χ1) is 19.1. The molecule has 5 nitrogen and oxygen atoms in total. The number of H-pyrrole nitrogens is 2. The van der Waals surface area contributed by atoms with E-state index >= 15 is 0 Å². The second-order valence-electron chi connectivity index (χ2n) is 10.4. The van der Waals surface area contributed by atoms with E-state index in [2.05, 4.69) is 38.9 Å². The molecule has 0 bridgehead atoms. The van der Waals surface area contributed by atoms with Gasteiger partial charge in [-0.25, -0.2) is 9.37 Å². The Bertz CT molecular complexity index is 1710. The molecule has 2 N–H and O–H groups in total. The van der Waals surface area contributed by atoms with Crippen molar-refractivity contribution in [2.45, 2.75) is 45.4 Å². The van der Waals surface area contributed by atoms with E-state index in [1.54, 1.807) is 18.5 Å². The molecule has 0 radical (unpaired) electrons. The maximum Gasteiger partial charge on any atom is 0.135 e. The lowest BCUT2D eigenvalue weighted by Gasteiger charge is -2.22. The van der Waals surface area contributed by atoms with Crippen molar-refractivity contribution in [1.82, 2.24) is 25.1 Å². The maximum atomic E-state index is 13.9. The highest BCUT2D eigenvalue weighted by Crippen LogP contribution is 2.34. The molecule has 196 valence electrons. The van der Waals surface area contributed by atoms with Crippen molar-refractivity contribution in [2.24, 2.45) is 5.92 Å². The molecule has 0 unspecified atom stereocenters. The van der Waals surface area contributed by atoms with Gasteiger partial charge < -0.3 is 4.98 Å². The second-order valence-corrected chi connectivity index (χ2v) is 10.4. The molecule has 1 aliphatic rings. The van der Waals surface area contributed by atoms with Crippen LogP contribution in [0, 0.1) is 11.7 Å². The topological polar surface area (TPSA) is 70.2 Å². The number of rotatable bonds is 7. The van der Waals surface area contributed by atoms with Crippen LogP contribution in [0.15, 0.2) is 85.2 Å². The van der Waals surface area contributed by atoms with E-state index in [0.717, 1.165) is 68.1 Å². The number of halogens is 1. The third kappa shape index (κ3) is 5.07. The normalized spacial score (nSPS) is 15.3. The number of nitrogens with one attached hydrogen (secondary N) is 2. The monoisotopic (exact) mass is 517 g/mol. The molecule has 4 heterocycles. The van der Waals surface area contributed by atoms with Crippen molar-refractivity contribution in [3.8, 4) is 22.5 Å². The minimum absolute atomic E-state index is 0.275. The Morgan fingerprint density at radius 1 is 1.08 bits per heavy atom. The number of hydrogen-bond donors (Lipinski definition) is 2. The van der Waals surface area contributed by atoms with Crippen LogP contribution in [0.5, 0.6) is 0 Å². The lowest BCUT2D eigenvalue weighted by Crippen LogP contribution is -2.06. The fourth-order valence-electron chi connectivity index (χ4n) is 5.74. The first kappa shape index (κ1) is 25.0. The summed E-state index contributed by atoms with van der Waals surface area (Å²) >= 11 is 0. The zero-order valence-electron chi connectivity index (χ0n) is 22.2. The van der Waals surface area contributed by atoms with Crippen LogP contribution in [-0.2, 0) is 0 Å². The average molecular weight is 518 g/mol. The van der Waals surface area contributed by atoms with Crippen LogP contribution >= 0.6 is 0 Å². The summed E-state index contributed by atoms with van der Waals surface area (Å²) < 4.78 is 13.9. The van der Waals surface area contributed by atoms with Gasteiger partial charge >= 0.3 is 0 Å². The van der Waals surface area contributed by atoms with Crippen molar-refractivity contribution in [3.63, 3.8) is 0 Å². The van der Waals surface area contributed by atoms with Crippen LogP contribution in [0.3, 0.4) is 0 Å². The molecular weight excluding hydrogens is 485 g/mol. The van der Waals surface area contributed by atoms with Gasteiger partial charge in [-0.15, -0.1) is 0 Å². The van der Waals surface area contributed by atoms with Gasteiger partial charge in [0.25, 0.3) is 0 Å². The van der Waals surface area contributed by atoms with E-state index in [-0.39, 0.29) is 5.82 Å². The molecule has 5 aromatic rings. The molecule has 1 fully saturated rings. The Labute approximate surface area is 227 Å². The Balaban J connectivity index is 1.37. The molecule has 1 aliphatic carbocycles. The number of pyridine rings is 2. The summed E-state index contributed by atoms with van der Waals surface area (Å²) in [6.07, 6.45) is 17.6.